The summed E-state index contributed by atoms with van der Waals surface area (Å²) >= 11 is 1.68. The van der Waals surface area contributed by atoms with Crippen LogP contribution in [0, 0.1) is 0 Å². The predicted octanol–water partition coefficient (Wildman–Crippen LogP) is 2.60. The van der Waals surface area contributed by atoms with Gasteiger partial charge in [0.2, 0.25) is 5.95 Å². The van der Waals surface area contributed by atoms with Crippen molar-refractivity contribution >= 4 is 33.4 Å². The molecule has 0 bridgehead atoms. The molecule has 2 aliphatic rings. The van der Waals surface area contributed by atoms with Gasteiger partial charge in [-0.2, -0.15) is 0 Å². The number of thiophene rings is 1. The van der Waals surface area contributed by atoms with Crippen LogP contribution in [0.4, 0.5) is 5.95 Å². The van der Waals surface area contributed by atoms with Gasteiger partial charge in [0.15, 0.2) is 6.61 Å². The van der Waals surface area contributed by atoms with Gasteiger partial charge in [-0.15, -0.1) is 11.3 Å². The Morgan fingerprint density at radius 2 is 1.84 bits per heavy atom. The van der Waals surface area contributed by atoms with E-state index >= 15 is 0 Å². The number of para-hydroxylation sites is 1. The molecule has 3 heterocycles. The molecule has 1 fully saturated rings. The van der Waals surface area contributed by atoms with Crippen LogP contribution in [0.3, 0.4) is 0 Å². The maximum atomic E-state index is 13.1. The van der Waals surface area contributed by atoms with Gasteiger partial charge in [-0.25, -0.2) is 4.98 Å². The Hall–Kier alpha value is -2.87. The second kappa shape index (κ2) is 8.34. The van der Waals surface area contributed by atoms with Gasteiger partial charge in [0.1, 0.15) is 10.6 Å². The van der Waals surface area contributed by atoms with Crippen LogP contribution in [-0.4, -0.2) is 53.1 Å². The number of piperazine rings is 1. The number of hydrogen-bond donors (Lipinski definition) is 0. The molecule has 31 heavy (non-hydrogen) atoms. The van der Waals surface area contributed by atoms with Gasteiger partial charge in [0.05, 0.1) is 5.39 Å². The van der Waals surface area contributed by atoms with Crippen LogP contribution in [0.1, 0.15) is 23.3 Å². The van der Waals surface area contributed by atoms with Crippen molar-refractivity contribution in [3.8, 4) is 5.75 Å². The van der Waals surface area contributed by atoms with Gasteiger partial charge in [-0.1, -0.05) is 18.2 Å². The minimum absolute atomic E-state index is 0.0215. The highest BCUT2D eigenvalue weighted by Gasteiger charge is 2.26. The highest BCUT2D eigenvalue weighted by atomic mass is 32.1. The SMILES string of the molecule is Cn1c(N2CCN(C(=O)COc3ccccc3)CC2)nc2sc3c(c2c1=O)CCCC3. The lowest BCUT2D eigenvalue weighted by atomic mass is 9.97. The van der Waals surface area contributed by atoms with Gasteiger partial charge >= 0.3 is 0 Å². The zero-order valence-electron chi connectivity index (χ0n) is 17.7. The highest BCUT2D eigenvalue weighted by Crippen LogP contribution is 2.34. The van der Waals surface area contributed by atoms with E-state index < -0.39 is 0 Å². The number of rotatable bonds is 4. The molecule has 162 valence electrons. The molecule has 0 N–H and O–H groups in total. The summed E-state index contributed by atoms with van der Waals surface area (Å²) in [6, 6.07) is 9.37. The van der Waals surface area contributed by atoms with Crippen molar-refractivity contribution in [3.63, 3.8) is 0 Å². The molecule has 1 aromatic carbocycles. The molecule has 0 spiro atoms. The van der Waals surface area contributed by atoms with Gasteiger partial charge < -0.3 is 14.5 Å². The lowest BCUT2D eigenvalue weighted by Crippen LogP contribution is -2.51. The average Bonchev–Trinajstić information content (AvgIpc) is 3.19. The Morgan fingerprint density at radius 3 is 2.61 bits per heavy atom. The second-order valence-electron chi connectivity index (χ2n) is 8.14. The van der Waals surface area contributed by atoms with Gasteiger partial charge in [-0.3, -0.25) is 14.2 Å². The maximum absolute atomic E-state index is 13.1. The molecule has 0 atom stereocenters. The number of anilines is 1. The van der Waals surface area contributed by atoms with Crippen LogP contribution in [0.25, 0.3) is 10.2 Å². The molecule has 7 nitrogen and oxygen atoms in total. The standard InChI is InChI=1S/C23H26N4O3S/c1-25-22(29)20-17-9-5-6-10-18(17)31-21(20)24-23(25)27-13-11-26(12-14-27)19(28)15-30-16-7-3-2-4-8-16/h2-4,7-8H,5-6,9-15H2,1H3. The molecule has 5 rings (SSSR count). The Bertz CT molecular complexity index is 1160. The van der Waals surface area contributed by atoms with Gasteiger partial charge in [-0.05, 0) is 43.4 Å². The van der Waals surface area contributed by atoms with Crippen LogP contribution in [0.2, 0.25) is 0 Å². The Kier molecular flexibility index (Phi) is 5.40. The topological polar surface area (TPSA) is 67.7 Å². The number of carbonyl (C=O) groups is 1. The van der Waals surface area contributed by atoms with Crippen LogP contribution in [-0.2, 0) is 24.7 Å². The molecule has 3 aromatic rings. The largest absolute Gasteiger partial charge is 0.484 e. The third-order valence-electron chi connectivity index (χ3n) is 6.19. The summed E-state index contributed by atoms with van der Waals surface area (Å²) in [6.07, 6.45) is 4.38. The molecule has 0 saturated carbocycles. The lowest BCUT2D eigenvalue weighted by Gasteiger charge is -2.35. The number of hydrogen-bond acceptors (Lipinski definition) is 6. The molecular weight excluding hydrogens is 412 g/mol. The normalized spacial score (nSPS) is 16.4. The average molecular weight is 439 g/mol. The summed E-state index contributed by atoms with van der Waals surface area (Å²) in [4.78, 5) is 36.7. The summed E-state index contributed by atoms with van der Waals surface area (Å²) in [5, 5.41) is 0.817. The summed E-state index contributed by atoms with van der Waals surface area (Å²) in [5.74, 6) is 1.37. The molecule has 1 saturated heterocycles. The molecule has 0 radical (unpaired) electrons. The zero-order valence-corrected chi connectivity index (χ0v) is 18.5. The first-order valence-corrected chi connectivity index (χ1v) is 11.7. The monoisotopic (exact) mass is 438 g/mol. The van der Waals surface area contributed by atoms with Crippen molar-refractivity contribution in [2.24, 2.45) is 7.05 Å². The summed E-state index contributed by atoms with van der Waals surface area (Å²) in [7, 11) is 1.81. The van der Waals surface area contributed by atoms with Crippen LogP contribution in [0.5, 0.6) is 5.75 Å². The third kappa shape index (κ3) is 3.80. The zero-order chi connectivity index (χ0) is 21.4. The lowest BCUT2D eigenvalue weighted by molar-refractivity contribution is -0.133. The summed E-state index contributed by atoms with van der Waals surface area (Å²) in [5.41, 5.74) is 1.27. The molecule has 0 unspecified atom stereocenters. The van der Waals surface area contributed by atoms with Crippen molar-refractivity contribution in [2.75, 3.05) is 37.7 Å². The van der Waals surface area contributed by atoms with E-state index in [1.807, 2.05) is 42.3 Å². The van der Waals surface area contributed by atoms with Crippen molar-refractivity contribution in [2.45, 2.75) is 25.7 Å². The fourth-order valence-corrected chi connectivity index (χ4v) is 5.71. The molecular formula is C23H26N4O3S. The molecule has 1 aliphatic carbocycles. The Balaban J connectivity index is 1.28. The van der Waals surface area contributed by atoms with E-state index in [-0.39, 0.29) is 18.1 Å². The Morgan fingerprint density at radius 1 is 1.10 bits per heavy atom. The van der Waals surface area contributed by atoms with E-state index in [0.717, 1.165) is 29.5 Å². The first kappa shape index (κ1) is 20.1. The number of aryl methyl sites for hydroxylation is 2. The van der Waals surface area contributed by atoms with E-state index in [4.69, 9.17) is 9.72 Å². The number of ether oxygens (including phenoxy) is 1. The van der Waals surface area contributed by atoms with Crippen LogP contribution >= 0.6 is 11.3 Å². The van der Waals surface area contributed by atoms with E-state index in [9.17, 15) is 9.59 Å². The number of aromatic nitrogens is 2. The second-order valence-corrected chi connectivity index (χ2v) is 9.22. The first-order valence-electron chi connectivity index (χ1n) is 10.8. The molecule has 1 aliphatic heterocycles. The maximum Gasteiger partial charge on any atom is 0.263 e. The minimum Gasteiger partial charge on any atom is -0.484 e. The van der Waals surface area contributed by atoms with E-state index in [2.05, 4.69) is 4.90 Å². The van der Waals surface area contributed by atoms with Crippen molar-refractivity contribution in [3.05, 3.63) is 51.1 Å². The number of fused-ring (bicyclic) bond motifs is 3. The number of nitrogens with zero attached hydrogens (tertiary/aromatic N) is 4. The molecule has 8 heteroatoms. The molecule has 1 amide bonds. The van der Waals surface area contributed by atoms with Gasteiger partial charge in [0.25, 0.3) is 11.5 Å². The van der Waals surface area contributed by atoms with Crippen molar-refractivity contribution in [1.82, 2.24) is 14.5 Å². The van der Waals surface area contributed by atoms with Crippen molar-refractivity contribution in [1.29, 1.82) is 0 Å². The van der Waals surface area contributed by atoms with Crippen LogP contribution in [0.15, 0.2) is 35.1 Å². The fourth-order valence-electron chi connectivity index (χ4n) is 4.47. The fraction of sp³-hybridized carbons (Fsp3) is 0.435. The highest BCUT2D eigenvalue weighted by molar-refractivity contribution is 7.18. The number of amides is 1. The predicted molar refractivity (Wildman–Crippen MR) is 122 cm³/mol. The summed E-state index contributed by atoms with van der Waals surface area (Å²) < 4.78 is 7.27. The minimum atomic E-state index is -0.0215. The number of benzene rings is 1. The van der Waals surface area contributed by atoms with Crippen LogP contribution < -0.4 is 15.2 Å². The Labute approximate surface area is 184 Å². The molecule has 2 aromatic heterocycles. The van der Waals surface area contributed by atoms with Crippen molar-refractivity contribution < 1.29 is 9.53 Å². The summed E-state index contributed by atoms with van der Waals surface area (Å²) in [6.45, 7) is 2.51. The smallest absolute Gasteiger partial charge is 0.263 e. The first-order chi connectivity index (χ1) is 15.1. The van der Waals surface area contributed by atoms with E-state index in [1.165, 1.54) is 16.9 Å². The van der Waals surface area contributed by atoms with Gasteiger partial charge in [0, 0.05) is 38.1 Å². The number of carbonyl (C=O) groups excluding carboxylic acids is 1. The quantitative estimate of drug-likeness (QED) is 0.626. The van der Waals surface area contributed by atoms with E-state index in [0.29, 0.717) is 37.9 Å². The third-order valence-corrected chi connectivity index (χ3v) is 7.38. The van der Waals surface area contributed by atoms with E-state index in [1.54, 1.807) is 15.9 Å².